The predicted molar refractivity (Wildman–Crippen MR) is 90.7 cm³/mol. The lowest BCUT2D eigenvalue weighted by atomic mass is 10.2. The van der Waals surface area contributed by atoms with Crippen LogP contribution in [0.15, 0.2) is 48.5 Å². The van der Waals surface area contributed by atoms with Crippen LogP contribution in [0.1, 0.15) is 23.7 Å². The van der Waals surface area contributed by atoms with Gasteiger partial charge in [-0.2, -0.15) is 0 Å². The molecule has 0 fully saturated rings. The highest BCUT2D eigenvalue weighted by Crippen LogP contribution is 2.13. The van der Waals surface area contributed by atoms with E-state index in [1.807, 2.05) is 0 Å². The number of benzene rings is 2. The summed E-state index contributed by atoms with van der Waals surface area (Å²) in [4.78, 5) is 35.2. The molecule has 6 nitrogen and oxygen atoms in total. The molecule has 0 aliphatic rings. The van der Waals surface area contributed by atoms with Crippen molar-refractivity contribution in [2.45, 2.75) is 13.3 Å². The minimum atomic E-state index is -0.634. The number of ether oxygens (including phenoxy) is 1. The third-order valence-corrected chi connectivity index (χ3v) is 3.15. The van der Waals surface area contributed by atoms with Crippen molar-refractivity contribution in [3.8, 4) is 0 Å². The zero-order valence-corrected chi connectivity index (χ0v) is 13.5. The summed E-state index contributed by atoms with van der Waals surface area (Å²) < 4.78 is 18.3. The largest absolute Gasteiger partial charge is 0.462 e. The van der Waals surface area contributed by atoms with Crippen LogP contribution in [0.2, 0.25) is 0 Å². The van der Waals surface area contributed by atoms with Gasteiger partial charge in [0.25, 0.3) is 0 Å². The fraction of sp³-hybridized carbons (Fsp3) is 0.167. The highest BCUT2D eigenvalue weighted by atomic mass is 19.1. The molecule has 0 atom stereocenters. The minimum absolute atomic E-state index is 0.0130. The fourth-order valence-electron chi connectivity index (χ4n) is 2.01. The summed E-state index contributed by atoms with van der Waals surface area (Å²) in [6.07, 6.45) is -0.464. The van der Waals surface area contributed by atoms with Crippen LogP contribution in [0, 0.1) is 5.82 Å². The number of hydrogen-bond acceptors (Lipinski definition) is 4. The van der Waals surface area contributed by atoms with Gasteiger partial charge in [0.15, 0.2) is 0 Å². The van der Waals surface area contributed by atoms with Crippen molar-refractivity contribution in [1.29, 1.82) is 0 Å². The molecule has 0 saturated carbocycles. The van der Waals surface area contributed by atoms with Gasteiger partial charge in [-0.15, -0.1) is 0 Å². The molecule has 0 unspecified atom stereocenters. The lowest BCUT2D eigenvalue weighted by Gasteiger charge is -2.08. The maximum absolute atomic E-state index is 13.4. The van der Waals surface area contributed by atoms with E-state index in [1.54, 1.807) is 13.0 Å². The Bertz CT molecular complexity index is 775. The first-order valence-corrected chi connectivity index (χ1v) is 7.61. The lowest BCUT2D eigenvalue weighted by molar-refractivity contribution is -0.123. The van der Waals surface area contributed by atoms with Crippen molar-refractivity contribution in [2.24, 2.45) is 0 Å². The zero-order chi connectivity index (χ0) is 18.2. The number of rotatable bonds is 6. The van der Waals surface area contributed by atoms with E-state index in [2.05, 4.69) is 10.6 Å². The molecule has 0 aliphatic carbocycles. The van der Waals surface area contributed by atoms with Crippen molar-refractivity contribution in [2.75, 3.05) is 17.2 Å². The minimum Gasteiger partial charge on any atom is -0.462 e. The van der Waals surface area contributed by atoms with E-state index in [9.17, 15) is 18.8 Å². The molecule has 0 saturated heterocycles. The molecule has 2 aromatic rings. The number of esters is 1. The van der Waals surface area contributed by atoms with Crippen molar-refractivity contribution < 1.29 is 23.5 Å². The smallest absolute Gasteiger partial charge is 0.338 e. The number of para-hydroxylation sites is 1. The second-order valence-corrected chi connectivity index (χ2v) is 5.05. The molecule has 25 heavy (non-hydrogen) atoms. The van der Waals surface area contributed by atoms with E-state index >= 15 is 0 Å². The molecular formula is C18H17FN2O4. The van der Waals surface area contributed by atoms with Crippen LogP contribution in [0.3, 0.4) is 0 Å². The van der Waals surface area contributed by atoms with Crippen LogP contribution in [0.5, 0.6) is 0 Å². The number of amides is 2. The first-order chi connectivity index (χ1) is 12.0. The van der Waals surface area contributed by atoms with E-state index in [4.69, 9.17) is 4.74 Å². The Morgan fingerprint density at radius 2 is 1.60 bits per heavy atom. The van der Waals surface area contributed by atoms with E-state index in [0.29, 0.717) is 11.3 Å². The third kappa shape index (κ3) is 5.42. The summed E-state index contributed by atoms with van der Waals surface area (Å²) in [5.74, 6) is -2.22. The highest BCUT2D eigenvalue weighted by molar-refractivity contribution is 6.08. The quantitative estimate of drug-likeness (QED) is 0.623. The first-order valence-electron chi connectivity index (χ1n) is 7.61. The van der Waals surface area contributed by atoms with Crippen LogP contribution in [0.25, 0.3) is 0 Å². The standard InChI is InChI=1S/C18H17FN2O4/c1-2-25-18(24)12-7-9-13(10-8-12)20-16(22)11-17(23)21-15-6-4-3-5-14(15)19/h3-10H,2,11H2,1H3,(H,20,22)(H,21,23). The predicted octanol–water partition coefficient (Wildman–Crippen LogP) is 2.97. The summed E-state index contributed by atoms with van der Waals surface area (Å²) in [6.45, 7) is 1.98. The van der Waals surface area contributed by atoms with Crippen LogP contribution in [0.4, 0.5) is 15.8 Å². The van der Waals surface area contributed by atoms with Crippen LogP contribution in [-0.4, -0.2) is 24.4 Å². The van der Waals surface area contributed by atoms with Gasteiger partial charge in [0.2, 0.25) is 11.8 Å². The fourth-order valence-corrected chi connectivity index (χ4v) is 2.01. The Morgan fingerprint density at radius 1 is 0.960 bits per heavy atom. The summed E-state index contributed by atoms with van der Waals surface area (Å²) in [5, 5.41) is 4.85. The Balaban J connectivity index is 1.88. The first kappa shape index (κ1) is 18.1. The molecule has 2 amide bonds. The monoisotopic (exact) mass is 344 g/mol. The summed E-state index contributed by atoms with van der Waals surface area (Å²) in [5.41, 5.74) is 0.799. The highest BCUT2D eigenvalue weighted by Gasteiger charge is 2.12. The maximum Gasteiger partial charge on any atom is 0.338 e. The van der Waals surface area contributed by atoms with Gasteiger partial charge in [0, 0.05) is 5.69 Å². The number of carbonyl (C=O) groups is 3. The van der Waals surface area contributed by atoms with Gasteiger partial charge in [-0.25, -0.2) is 9.18 Å². The Labute approximate surface area is 144 Å². The SMILES string of the molecule is CCOC(=O)c1ccc(NC(=O)CC(=O)Nc2ccccc2F)cc1. The van der Waals surface area contributed by atoms with Gasteiger partial charge in [0.1, 0.15) is 12.2 Å². The summed E-state index contributed by atoms with van der Waals surface area (Å²) in [6, 6.07) is 11.7. The van der Waals surface area contributed by atoms with Gasteiger partial charge in [-0.05, 0) is 43.3 Å². The lowest BCUT2D eigenvalue weighted by Crippen LogP contribution is -2.21. The molecule has 2 aromatic carbocycles. The van der Waals surface area contributed by atoms with Gasteiger partial charge >= 0.3 is 5.97 Å². The van der Waals surface area contributed by atoms with Crippen LogP contribution >= 0.6 is 0 Å². The molecule has 2 rings (SSSR count). The van der Waals surface area contributed by atoms with Crippen molar-refractivity contribution in [3.63, 3.8) is 0 Å². The van der Waals surface area contributed by atoms with Crippen molar-refractivity contribution in [3.05, 3.63) is 59.9 Å². The molecule has 0 aliphatic heterocycles. The van der Waals surface area contributed by atoms with Gasteiger partial charge < -0.3 is 15.4 Å². The molecule has 0 spiro atoms. The van der Waals surface area contributed by atoms with Gasteiger partial charge in [-0.1, -0.05) is 12.1 Å². The second-order valence-electron chi connectivity index (χ2n) is 5.05. The average molecular weight is 344 g/mol. The number of carbonyl (C=O) groups excluding carboxylic acids is 3. The van der Waals surface area contributed by atoms with E-state index in [1.165, 1.54) is 42.5 Å². The molecule has 2 N–H and O–H groups in total. The number of hydrogen-bond donors (Lipinski definition) is 2. The van der Waals surface area contributed by atoms with E-state index < -0.39 is 30.0 Å². The number of anilines is 2. The maximum atomic E-state index is 13.4. The van der Waals surface area contributed by atoms with Gasteiger partial charge in [-0.3, -0.25) is 9.59 Å². The molecule has 0 radical (unpaired) electrons. The molecule has 0 bridgehead atoms. The average Bonchev–Trinajstić information content (AvgIpc) is 2.57. The normalized spacial score (nSPS) is 10.0. The topological polar surface area (TPSA) is 84.5 Å². The summed E-state index contributed by atoms with van der Waals surface area (Å²) in [7, 11) is 0. The van der Waals surface area contributed by atoms with E-state index in [0.717, 1.165) is 0 Å². The molecule has 0 heterocycles. The van der Waals surface area contributed by atoms with Gasteiger partial charge in [0.05, 0.1) is 17.9 Å². The molecule has 0 aromatic heterocycles. The molecular weight excluding hydrogens is 327 g/mol. The molecule has 130 valence electrons. The number of nitrogens with one attached hydrogen (secondary N) is 2. The third-order valence-electron chi connectivity index (χ3n) is 3.15. The zero-order valence-electron chi connectivity index (χ0n) is 13.5. The summed E-state index contributed by atoms with van der Waals surface area (Å²) >= 11 is 0. The Kier molecular flexibility index (Phi) is 6.22. The number of halogens is 1. The van der Waals surface area contributed by atoms with Crippen molar-refractivity contribution >= 4 is 29.2 Å². The second kappa shape index (κ2) is 8.58. The molecule has 7 heteroatoms. The van der Waals surface area contributed by atoms with Crippen LogP contribution < -0.4 is 10.6 Å². The van der Waals surface area contributed by atoms with E-state index in [-0.39, 0.29) is 12.3 Å². The Hall–Kier alpha value is -3.22. The van der Waals surface area contributed by atoms with Crippen molar-refractivity contribution in [1.82, 2.24) is 0 Å². The van der Waals surface area contributed by atoms with Crippen LogP contribution in [-0.2, 0) is 14.3 Å². The Morgan fingerprint density at radius 3 is 2.24 bits per heavy atom.